The highest BCUT2D eigenvalue weighted by Crippen LogP contribution is 2.39. The van der Waals surface area contributed by atoms with Gasteiger partial charge in [-0.05, 0) is 25.5 Å². The minimum Gasteiger partial charge on any atom is -0.504 e. The van der Waals surface area contributed by atoms with Crippen molar-refractivity contribution < 1.29 is 14.6 Å². The predicted octanol–water partition coefficient (Wildman–Crippen LogP) is 1.89. The van der Waals surface area contributed by atoms with Crippen molar-refractivity contribution in [3.63, 3.8) is 0 Å². The molecule has 0 amide bonds. The molecule has 3 N–H and O–H groups in total. The molecule has 0 bridgehead atoms. The summed E-state index contributed by atoms with van der Waals surface area (Å²) in [5.41, 5.74) is 6.24. The van der Waals surface area contributed by atoms with Gasteiger partial charge in [-0.2, -0.15) is 0 Å². The molecule has 1 unspecified atom stereocenters. The Morgan fingerprint density at radius 1 is 1.62 bits per heavy atom. The van der Waals surface area contributed by atoms with Crippen molar-refractivity contribution in [2.24, 2.45) is 5.73 Å². The third kappa shape index (κ3) is 2.13. The van der Waals surface area contributed by atoms with Crippen molar-refractivity contribution >= 4 is 17.4 Å². The number of phenolic OH excluding ortho intramolecular Hbond substituents is 1. The first-order valence-corrected chi connectivity index (χ1v) is 5.13. The number of rotatable bonds is 3. The van der Waals surface area contributed by atoms with Crippen LogP contribution in [0.1, 0.15) is 22.8 Å². The Morgan fingerprint density at radius 2 is 2.19 bits per heavy atom. The van der Waals surface area contributed by atoms with Crippen molar-refractivity contribution in [2.75, 3.05) is 7.11 Å². The van der Waals surface area contributed by atoms with E-state index in [-0.39, 0.29) is 27.9 Å². The van der Waals surface area contributed by atoms with E-state index in [1.165, 1.54) is 7.11 Å². The molecule has 88 valence electrons. The number of halogens is 1. The van der Waals surface area contributed by atoms with Gasteiger partial charge in [-0.25, -0.2) is 0 Å². The summed E-state index contributed by atoms with van der Waals surface area (Å²) in [7, 11) is 1.37. The summed E-state index contributed by atoms with van der Waals surface area (Å²) < 4.78 is 4.93. The zero-order chi connectivity index (χ0) is 12.5. The average Bonchev–Trinajstić information content (AvgIpc) is 2.17. The van der Waals surface area contributed by atoms with E-state index < -0.39 is 6.04 Å². The van der Waals surface area contributed by atoms with Crippen LogP contribution >= 0.6 is 11.6 Å². The van der Waals surface area contributed by atoms with Crippen molar-refractivity contribution in [2.45, 2.75) is 19.9 Å². The van der Waals surface area contributed by atoms with E-state index in [9.17, 15) is 9.90 Å². The van der Waals surface area contributed by atoms with E-state index in [1.54, 1.807) is 19.9 Å². The smallest absolute Gasteiger partial charge is 0.183 e. The Labute approximate surface area is 99.0 Å². The van der Waals surface area contributed by atoms with E-state index in [0.29, 0.717) is 5.56 Å². The van der Waals surface area contributed by atoms with Gasteiger partial charge in [0.1, 0.15) is 0 Å². The monoisotopic (exact) mass is 243 g/mol. The molecule has 0 aliphatic heterocycles. The lowest BCUT2D eigenvalue weighted by molar-refractivity contribution is 0.0964. The van der Waals surface area contributed by atoms with E-state index in [2.05, 4.69) is 0 Å². The number of carbonyl (C=O) groups excluding carboxylic acids is 1. The fourth-order valence-corrected chi connectivity index (χ4v) is 1.80. The topological polar surface area (TPSA) is 72.5 Å². The van der Waals surface area contributed by atoms with Crippen LogP contribution in [0.2, 0.25) is 5.02 Å². The number of ether oxygens (including phenoxy) is 1. The van der Waals surface area contributed by atoms with Gasteiger partial charge in [-0.15, -0.1) is 0 Å². The quantitative estimate of drug-likeness (QED) is 0.796. The molecular weight excluding hydrogens is 230 g/mol. The van der Waals surface area contributed by atoms with Crippen LogP contribution in [0.4, 0.5) is 0 Å². The molecule has 0 spiro atoms. The molecule has 0 saturated heterocycles. The van der Waals surface area contributed by atoms with E-state index >= 15 is 0 Å². The molecule has 4 nitrogen and oxygen atoms in total. The van der Waals surface area contributed by atoms with Crippen LogP contribution in [0, 0.1) is 6.92 Å². The Kier molecular flexibility index (Phi) is 3.78. The fraction of sp³-hybridized carbons (Fsp3) is 0.364. The van der Waals surface area contributed by atoms with Crippen LogP contribution in [-0.4, -0.2) is 24.0 Å². The number of hydrogen-bond donors (Lipinski definition) is 2. The molecular formula is C11H14ClNO3. The summed E-state index contributed by atoms with van der Waals surface area (Å²) in [6.45, 7) is 3.24. The lowest BCUT2D eigenvalue weighted by Crippen LogP contribution is -2.27. The van der Waals surface area contributed by atoms with Crippen LogP contribution < -0.4 is 10.5 Å². The lowest BCUT2D eigenvalue weighted by atomic mass is 9.99. The number of benzene rings is 1. The Balaban J connectivity index is 3.45. The first-order chi connectivity index (χ1) is 7.40. The van der Waals surface area contributed by atoms with Gasteiger partial charge in [0.15, 0.2) is 17.3 Å². The molecule has 1 aromatic carbocycles. The minimum absolute atomic E-state index is 0.0938. The molecule has 0 heterocycles. The van der Waals surface area contributed by atoms with Crippen molar-refractivity contribution in [3.05, 3.63) is 22.2 Å². The maximum atomic E-state index is 11.8. The van der Waals surface area contributed by atoms with Crippen LogP contribution in [0.25, 0.3) is 0 Å². The van der Waals surface area contributed by atoms with E-state index in [0.717, 1.165) is 0 Å². The van der Waals surface area contributed by atoms with Crippen molar-refractivity contribution in [1.82, 2.24) is 0 Å². The molecule has 0 aliphatic rings. The molecule has 1 rings (SSSR count). The number of aryl methyl sites for hydroxylation is 1. The second-order valence-electron chi connectivity index (χ2n) is 3.59. The number of nitrogens with two attached hydrogens (primary N) is 1. The molecule has 0 radical (unpaired) electrons. The number of phenols is 1. The third-order valence-electron chi connectivity index (χ3n) is 2.27. The van der Waals surface area contributed by atoms with Crippen LogP contribution in [0.3, 0.4) is 0 Å². The van der Waals surface area contributed by atoms with Crippen LogP contribution in [0.5, 0.6) is 11.5 Å². The zero-order valence-corrected chi connectivity index (χ0v) is 10.1. The summed E-state index contributed by atoms with van der Waals surface area (Å²) >= 11 is 5.86. The first kappa shape index (κ1) is 12.8. The second kappa shape index (κ2) is 4.72. The van der Waals surface area contributed by atoms with Gasteiger partial charge >= 0.3 is 0 Å². The van der Waals surface area contributed by atoms with Gasteiger partial charge < -0.3 is 15.6 Å². The van der Waals surface area contributed by atoms with Crippen LogP contribution in [-0.2, 0) is 0 Å². The summed E-state index contributed by atoms with van der Waals surface area (Å²) in [6.07, 6.45) is 0. The molecule has 0 saturated carbocycles. The highest BCUT2D eigenvalue weighted by molar-refractivity contribution is 6.32. The number of carbonyl (C=O) groups is 1. The maximum Gasteiger partial charge on any atom is 0.183 e. The fourth-order valence-electron chi connectivity index (χ4n) is 1.47. The maximum absolute atomic E-state index is 11.8. The van der Waals surface area contributed by atoms with Gasteiger partial charge in [-0.1, -0.05) is 11.6 Å². The summed E-state index contributed by atoms with van der Waals surface area (Å²) in [5.74, 6) is -0.504. The van der Waals surface area contributed by atoms with Crippen molar-refractivity contribution in [1.29, 1.82) is 0 Å². The van der Waals surface area contributed by atoms with Gasteiger partial charge in [0.2, 0.25) is 0 Å². The predicted molar refractivity (Wildman–Crippen MR) is 62.4 cm³/mol. The van der Waals surface area contributed by atoms with Gasteiger partial charge in [-0.3, -0.25) is 4.79 Å². The molecule has 1 atom stereocenters. The van der Waals surface area contributed by atoms with E-state index in [4.69, 9.17) is 22.1 Å². The second-order valence-corrected chi connectivity index (χ2v) is 3.99. The number of aromatic hydroxyl groups is 1. The summed E-state index contributed by atoms with van der Waals surface area (Å²) in [5, 5.41) is 10.1. The lowest BCUT2D eigenvalue weighted by Gasteiger charge is -2.14. The van der Waals surface area contributed by atoms with Gasteiger partial charge in [0.25, 0.3) is 0 Å². The Bertz CT molecular complexity index is 430. The SMILES string of the molecule is COc1c(Cl)cc(C)c(C(=O)C(C)N)c1O. The molecule has 5 heteroatoms. The number of Topliss-reactive ketones (excluding diaryl/α,β-unsaturated/α-hetero) is 1. The van der Waals surface area contributed by atoms with Gasteiger partial charge in [0, 0.05) is 0 Å². The zero-order valence-electron chi connectivity index (χ0n) is 9.37. The minimum atomic E-state index is -0.685. The molecule has 1 aromatic rings. The summed E-state index contributed by atoms with van der Waals surface area (Å²) in [6, 6.07) is 0.880. The molecule has 0 fully saturated rings. The average molecular weight is 244 g/mol. The Morgan fingerprint density at radius 3 is 2.62 bits per heavy atom. The number of methoxy groups -OCH3 is 1. The largest absolute Gasteiger partial charge is 0.504 e. The van der Waals surface area contributed by atoms with Crippen molar-refractivity contribution in [3.8, 4) is 11.5 Å². The number of ketones is 1. The van der Waals surface area contributed by atoms with Crippen LogP contribution in [0.15, 0.2) is 6.07 Å². The molecule has 16 heavy (non-hydrogen) atoms. The summed E-state index contributed by atoms with van der Waals surface area (Å²) in [4.78, 5) is 11.8. The standard InChI is InChI=1S/C11H14ClNO3/c1-5-4-7(12)11(16-3)10(15)8(5)9(14)6(2)13/h4,6,15H,13H2,1-3H3. The van der Waals surface area contributed by atoms with Gasteiger partial charge in [0.05, 0.1) is 23.7 Å². The molecule has 0 aromatic heterocycles. The Hall–Kier alpha value is -1.26. The molecule has 0 aliphatic carbocycles. The first-order valence-electron chi connectivity index (χ1n) is 4.76. The third-order valence-corrected chi connectivity index (χ3v) is 2.55. The highest BCUT2D eigenvalue weighted by Gasteiger charge is 2.22. The highest BCUT2D eigenvalue weighted by atomic mass is 35.5. The van der Waals surface area contributed by atoms with E-state index in [1.807, 2.05) is 0 Å². The normalized spacial score (nSPS) is 12.3. The number of hydrogen-bond acceptors (Lipinski definition) is 4.